The van der Waals surface area contributed by atoms with Crippen LogP contribution in [0.4, 0.5) is 0 Å². The van der Waals surface area contributed by atoms with E-state index in [-0.39, 0.29) is 5.60 Å². The van der Waals surface area contributed by atoms with Crippen molar-refractivity contribution in [2.45, 2.75) is 50.7 Å². The first-order valence-corrected chi connectivity index (χ1v) is 5.47. The molecule has 1 rings (SSSR count). The summed E-state index contributed by atoms with van der Waals surface area (Å²) in [6.07, 6.45) is 10.6. The molecule has 0 amide bonds. The van der Waals surface area contributed by atoms with E-state index in [9.17, 15) is 0 Å². The molecule has 1 aliphatic rings. The third kappa shape index (κ3) is 2.73. The molecule has 1 heterocycles. The fourth-order valence-corrected chi connectivity index (χ4v) is 2.24. The highest BCUT2D eigenvalue weighted by Crippen LogP contribution is 2.30. The molecule has 14 heavy (non-hydrogen) atoms. The third-order valence-electron chi connectivity index (χ3n) is 3.15. The standard InChI is InChI=1S/C12H21NO/c1-4-5-6-8-11(13-3)12(2)9-7-10-14-12/h1,11,13H,5-10H2,2-3H3. The van der Waals surface area contributed by atoms with E-state index < -0.39 is 0 Å². The average molecular weight is 195 g/mol. The Hall–Kier alpha value is -0.520. The smallest absolute Gasteiger partial charge is 0.0807 e. The largest absolute Gasteiger partial charge is 0.374 e. The Labute approximate surface area is 87.4 Å². The maximum absolute atomic E-state index is 5.81. The highest BCUT2D eigenvalue weighted by Gasteiger charge is 2.36. The molecule has 2 atom stereocenters. The first-order chi connectivity index (χ1) is 6.73. The Morgan fingerprint density at radius 1 is 1.64 bits per heavy atom. The molecule has 2 unspecified atom stereocenters. The van der Waals surface area contributed by atoms with Crippen LogP contribution in [0.5, 0.6) is 0 Å². The van der Waals surface area contributed by atoms with Crippen LogP contribution in [0.2, 0.25) is 0 Å². The minimum atomic E-state index is 0.0311. The molecule has 1 N–H and O–H groups in total. The lowest BCUT2D eigenvalue weighted by molar-refractivity contribution is -0.0121. The van der Waals surface area contributed by atoms with Crippen LogP contribution in [0.1, 0.15) is 39.0 Å². The van der Waals surface area contributed by atoms with Crippen molar-refractivity contribution < 1.29 is 4.74 Å². The van der Waals surface area contributed by atoms with E-state index in [1.807, 2.05) is 7.05 Å². The second-order valence-corrected chi connectivity index (χ2v) is 4.20. The third-order valence-corrected chi connectivity index (χ3v) is 3.15. The lowest BCUT2D eigenvalue weighted by Crippen LogP contribution is -2.46. The number of unbranched alkanes of at least 4 members (excludes halogenated alkanes) is 1. The zero-order valence-electron chi connectivity index (χ0n) is 9.31. The van der Waals surface area contributed by atoms with Crippen LogP contribution in [0.3, 0.4) is 0 Å². The van der Waals surface area contributed by atoms with Crippen molar-refractivity contribution in [1.82, 2.24) is 5.32 Å². The van der Waals surface area contributed by atoms with E-state index in [0.717, 1.165) is 32.3 Å². The summed E-state index contributed by atoms with van der Waals surface area (Å²) < 4.78 is 5.81. The van der Waals surface area contributed by atoms with Crippen LogP contribution in [0.15, 0.2) is 0 Å². The summed E-state index contributed by atoms with van der Waals surface area (Å²) >= 11 is 0. The molecular weight excluding hydrogens is 174 g/mol. The molecule has 80 valence electrons. The number of ether oxygens (including phenoxy) is 1. The average Bonchev–Trinajstić information content (AvgIpc) is 2.61. The van der Waals surface area contributed by atoms with Gasteiger partial charge in [0.1, 0.15) is 0 Å². The van der Waals surface area contributed by atoms with E-state index >= 15 is 0 Å². The second-order valence-electron chi connectivity index (χ2n) is 4.20. The van der Waals surface area contributed by atoms with E-state index in [0.29, 0.717) is 6.04 Å². The number of terminal acetylenes is 1. The van der Waals surface area contributed by atoms with Crippen LogP contribution in [0, 0.1) is 12.3 Å². The van der Waals surface area contributed by atoms with Crippen molar-refractivity contribution in [3.05, 3.63) is 0 Å². The molecule has 0 aromatic carbocycles. The quantitative estimate of drug-likeness (QED) is 0.535. The van der Waals surface area contributed by atoms with Crippen LogP contribution in [-0.4, -0.2) is 25.3 Å². The minimum Gasteiger partial charge on any atom is -0.374 e. The van der Waals surface area contributed by atoms with Gasteiger partial charge in [0, 0.05) is 19.1 Å². The zero-order valence-corrected chi connectivity index (χ0v) is 9.31. The molecule has 0 radical (unpaired) electrons. The Kier molecular flexibility index (Phi) is 4.44. The Morgan fingerprint density at radius 3 is 2.93 bits per heavy atom. The van der Waals surface area contributed by atoms with Gasteiger partial charge < -0.3 is 10.1 Å². The summed E-state index contributed by atoms with van der Waals surface area (Å²) in [5.41, 5.74) is 0.0311. The Morgan fingerprint density at radius 2 is 2.43 bits per heavy atom. The predicted octanol–water partition coefficient (Wildman–Crippen LogP) is 1.95. The van der Waals surface area contributed by atoms with Crippen molar-refractivity contribution >= 4 is 0 Å². The van der Waals surface area contributed by atoms with Crippen molar-refractivity contribution in [2.24, 2.45) is 0 Å². The number of nitrogens with one attached hydrogen (secondary N) is 1. The topological polar surface area (TPSA) is 21.3 Å². The minimum absolute atomic E-state index is 0.0311. The SMILES string of the molecule is C#CCCCC(NC)C1(C)CCCO1. The molecule has 0 saturated carbocycles. The number of hydrogen-bond donors (Lipinski definition) is 1. The zero-order chi connectivity index (χ0) is 10.4. The maximum atomic E-state index is 5.81. The highest BCUT2D eigenvalue weighted by molar-refractivity contribution is 4.93. The summed E-state index contributed by atoms with van der Waals surface area (Å²) in [5.74, 6) is 2.68. The van der Waals surface area contributed by atoms with Gasteiger partial charge in [-0.25, -0.2) is 0 Å². The highest BCUT2D eigenvalue weighted by atomic mass is 16.5. The molecule has 1 saturated heterocycles. The van der Waals surface area contributed by atoms with Gasteiger partial charge in [-0.3, -0.25) is 0 Å². The maximum Gasteiger partial charge on any atom is 0.0807 e. The molecule has 0 bridgehead atoms. The van der Waals surface area contributed by atoms with E-state index in [1.165, 1.54) is 6.42 Å². The van der Waals surface area contributed by atoms with Crippen molar-refractivity contribution in [1.29, 1.82) is 0 Å². The molecule has 2 nitrogen and oxygen atoms in total. The lowest BCUT2D eigenvalue weighted by atomic mass is 9.89. The van der Waals surface area contributed by atoms with Gasteiger partial charge in [-0.2, -0.15) is 0 Å². The number of rotatable bonds is 5. The monoisotopic (exact) mass is 195 g/mol. The first kappa shape index (κ1) is 11.6. The molecule has 0 aromatic heterocycles. The molecule has 0 spiro atoms. The van der Waals surface area contributed by atoms with Gasteiger partial charge >= 0.3 is 0 Å². The molecule has 0 aromatic rings. The van der Waals surface area contributed by atoms with Gasteiger partial charge in [-0.1, -0.05) is 0 Å². The molecular formula is C12H21NO. The summed E-state index contributed by atoms with van der Waals surface area (Å²) in [6.45, 7) is 3.11. The van der Waals surface area contributed by atoms with Crippen molar-refractivity contribution in [3.8, 4) is 12.3 Å². The molecule has 0 aliphatic carbocycles. The molecule has 1 aliphatic heterocycles. The van der Waals surface area contributed by atoms with Gasteiger partial charge in [-0.15, -0.1) is 12.3 Å². The summed E-state index contributed by atoms with van der Waals surface area (Å²) in [4.78, 5) is 0. The van der Waals surface area contributed by atoms with E-state index in [2.05, 4.69) is 18.2 Å². The Bertz CT molecular complexity index is 201. The summed E-state index contributed by atoms with van der Waals surface area (Å²) in [7, 11) is 2.01. The molecule has 1 fully saturated rings. The van der Waals surface area contributed by atoms with E-state index in [1.54, 1.807) is 0 Å². The van der Waals surface area contributed by atoms with Crippen LogP contribution in [-0.2, 0) is 4.74 Å². The number of hydrogen-bond acceptors (Lipinski definition) is 2. The summed E-state index contributed by atoms with van der Waals surface area (Å²) in [6, 6.07) is 0.443. The van der Waals surface area contributed by atoms with Gasteiger partial charge in [0.25, 0.3) is 0 Å². The van der Waals surface area contributed by atoms with Gasteiger partial charge in [0.05, 0.1) is 5.60 Å². The lowest BCUT2D eigenvalue weighted by Gasteiger charge is -2.33. The van der Waals surface area contributed by atoms with Gasteiger partial charge in [-0.05, 0) is 39.7 Å². The van der Waals surface area contributed by atoms with Crippen molar-refractivity contribution in [3.63, 3.8) is 0 Å². The first-order valence-electron chi connectivity index (χ1n) is 5.47. The van der Waals surface area contributed by atoms with Gasteiger partial charge in [0.15, 0.2) is 0 Å². The van der Waals surface area contributed by atoms with Crippen LogP contribution < -0.4 is 5.32 Å². The van der Waals surface area contributed by atoms with Crippen LogP contribution in [0.25, 0.3) is 0 Å². The number of likely N-dealkylation sites (N-methyl/N-ethyl adjacent to an activating group) is 1. The summed E-state index contributed by atoms with van der Waals surface area (Å²) in [5, 5.41) is 3.35. The van der Waals surface area contributed by atoms with Crippen LogP contribution >= 0.6 is 0 Å². The van der Waals surface area contributed by atoms with Crippen molar-refractivity contribution in [2.75, 3.05) is 13.7 Å². The fraction of sp³-hybridized carbons (Fsp3) is 0.833. The molecule has 2 heteroatoms. The Balaban J connectivity index is 2.40. The fourth-order valence-electron chi connectivity index (χ4n) is 2.24. The van der Waals surface area contributed by atoms with Gasteiger partial charge in [0.2, 0.25) is 0 Å². The normalized spacial score (nSPS) is 28.6. The van der Waals surface area contributed by atoms with E-state index in [4.69, 9.17) is 11.2 Å². The second kappa shape index (κ2) is 5.38. The predicted molar refractivity (Wildman–Crippen MR) is 59.1 cm³/mol.